The molecule has 0 aliphatic rings. The van der Waals surface area contributed by atoms with E-state index in [0.717, 1.165) is 28.8 Å². The molecule has 0 saturated heterocycles. The maximum absolute atomic E-state index is 6.40. The van der Waals surface area contributed by atoms with Crippen molar-refractivity contribution < 1.29 is 4.74 Å². The number of nitrogens with zero attached hydrogens (tertiary/aromatic N) is 3. The minimum atomic E-state index is -0.369. The second-order valence-corrected chi connectivity index (χ2v) is 4.82. The minimum absolute atomic E-state index is 0.369. The van der Waals surface area contributed by atoms with Gasteiger partial charge in [-0.25, -0.2) is 0 Å². The van der Waals surface area contributed by atoms with E-state index in [9.17, 15) is 0 Å². The van der Waals surface area contributed by atoms with Crippen LogP contribution in [0.4, 0.5) is 0 Å². The van der Waals surface area contributed by atoms with Gasteiger partial charge < -0.3 is 10.5 Å². The van der Waals surface area contributed by atoms with Crippen LogP contribution in [0.1, 0.15) is 24.4 Å². The third-order valence-corrected chi connectivity index (χ3v) is 3.60. The van der Waals surface area contributed by atoms with Crippen LogP contribution in [0.15, 0.2) is 42.6 Å². The van der Waals surface area contributed by atoms with Crippen LogP contribution in [0.2, 0.25) is 0 Å². The highest BCUT2D eigenvalue weighted by molar-refractivity contribution is 5.78. The van der Waals surface area contributed by atoms with Crippen molar-refractivity contribution in [3.8, 4) is 5.75 Å². The fourth-order valence-corrected chi connectivity index (χ4v) is 2.50. The molecule has 5 heteroatoms. The molecule has 0 bridgehead atoms. The van der Waals surface area contributed by atoms with Gasteiger partial charge in [0.1, 0.15) is 5.69 Å². The molecule has 1 unspecified atom stereocenters. The lowest BCUT2D eigenvalue weighted by atomic mass is 10.1. The lowest BCUT2D eigenvalue weighted by molar-refractivity contribution is 0.404. The van der Waals surface area contributed by atoms with E-state index in [1.165, 1.54) is 0 Å². The molecule has 0 amide bonds. The number of aryl methyl sites for hydroxylation is 1. The van der Waals surface area contributed by atoms with Crippen molar-refractivity contribution in [2.75, 3.05) is 7.11 Å². The zero-order valence-electron chi connectivity index (χ0n) is 12.2. The van der Waals surface area contributed by atoms with Crippen molar-refractivity contribution >= 4 is 10.9 Å². The molecule has 0 radical (unpaired) electrons. The monoisotopic (exact) mass is 282 g/mol. The van der Waals surface area contributed by atoms with Crippen LogP contribution in [0.3, 0.4) is 0 Å². The molecule has 1 aromatic carbocycles. The van der Waals surface area contributed by atoms with E-state index in [1.54, 1.807) is 13.3 Å². The third-order valence-electron chi connectivity index (χ3n) is 3.60. The van der Waals surface area contributed by atoms with Gasteiger partial charge >= 0.3 is 0 Å². The van der Waals surface area contributed by atoms with Gasteiger partial charge in [-0.2, -0.15) is 5.10 Å². The number of nitrogens with two attached hydrogens (primary N) is 1. The molecule has 0 fully saturated rings. The Kier molecular flexibility index (Phi) is 3.58. The SMILES string of the molecule is CCn1ncc(OC)c1C(N)c1ccc2ccccc2n1. The maximum Gasteiger partial charge on any atom is 0.161 e. The number of aromatic nitrogens is 3. The van der Waals surface area contributed by atoms with Crippen LogP contribution >= 0.6 is 0 Å². The smallest absolute Gasteiger partial charge is 0.161 e. The number of rotatable bonds is 4. The average molecular weight is 282 g/mol. The van der Waals surface area contributed by atoms with Crippen molar-refractivity contribution in [2.45, 2.75) is 19.5 Å². The minimum Gasteiger partial charge on any atom is -0.493 e. The van der Waals surface area contributed by atoms with E-state index in [4.69, 9.17) is 10.5 Å². The number of methoxy groups -OCH3 is 1. The second kappa shape index (κ2) is 5.54. The first-order chi connectivity index (χ1) is 10.2. The van der Waals surface area contributed by atoms with Crippen molar-refractivity contribution in [3.63, 3.8) is 0 Å². The van der Waals surface area contributed by atoms with Gasteiger partial charge in [-0.1, -0.05) is 24.3 Å². The summed E-state index contributed by atoms with van der Waals surface area (Å²) in [5.41, 5.74) is 9.00. The van der Waals surface area contributed by atoms with Gasteiger partial charge in [0.15, 0.2) is 5.75 Å². The predicted molar refractivity (Wildman–Crippen MR) is 82.2 cm³/mol. The summed E-state index contributed by atoms with van der Waals surface area (Å²) < 4.78 is 7.21. The lowest BCUT2D eigenvalue weighted by Gasteiger charge is -2.15. The summed E-state index contributed by atoms with van der Waals surface area (Å²) >= 11 is 0. The molecule has 5 nitrogen and oxygen atoms in total. The Morgan fingerprint density at radius 3 is 2.81 bits per heavy atom. The van der Waals surface area contributed by atoms with Gasteiger partial charge in [-0.05, 0) is 19.1 Å². The molecule has 3 aromatic rings. The van der Waals surface area contributed by atoms with Crippen molar-refractivity contribution in [3.05, 3.63) is 54.0 Å². The van der Waals surface area contributed by atoms with Gasteiger partial charge in [0, 0.05) is 11.9 Å². The highest BCUT2D eigenvalue weighted by atomic mass is 16.5. The number of hydrogen-bond donors (Lipinski definition) is 1. The summed E-state index contributed by atoms with van der Waals surface area (Å²) in [4.78, 5) is 4.66. The molecule has 2 aromatic heterocycles. The predicted octanol–water partition coefficient (Wildman–Crippen LogP) is 2.51. The zero-order chi connectivity index (χ0) is 14.8. The molecule has 0 aliphatic carbocycles. The summed E-state index contributed by atoms with van der Waals surface area (Å²) in [6, 6.07) is 11.6. The van der Waals surface area contributed by atoms with Gasteiger partial charge in [0.05, 0.1) is 30.6 Å². The fraction of sp³-hybridized carbons (Fsp3) is 0.250. The molecule has 0 aliphatic heterocycles. The van der Waals surface area contributed by atoms with E-state index in [2.05, 4.69) is 10.1 Å². The normalized spacial score (nSPS) is 12.5. The Labute approximate surface area is 123 Å². The Bertz CT molecular complexity index is 744. The number of hydrogen-bond acceptors (Lipinski definition) is 4. The summed E-state index contributed by atoms with van der Waals surface area (Å²) in [6.07, 6.45) is 1.69. The topological polar surface area (TPSA) is 66.0 Å². The molecule has 2 heterocycles. The van der Waals surface area contributed by atoms with Crippen LogP contribution in [0.25, 0.3) is 10.9 Å². The number of fused-ring (bicyclic) bond motifs is 1. The quantitative estimate of drug-likeness (QED) is 0.798. The third kappa shape index (κ3) is 2.36. The van der Waals surface area contributed by atoms with E-state index >= 15 is 0 Å². The van der Waals surface area contributed by atoms with Crippen molar-refractivity contribution in [1.82, 2.24) is 14.8 Å². The Morgan fingerprint density at radius 2 is 2.05 bits per heavy atom. The summed E-state index contributed by atoms with van der Waals surface area (Å²) in [7, 11) is 1.63. The van der Waals surface area contributed by atoms with Crippen LogP contribution < -0.4 is 10.5 Å². The molecular formula is C16H18N4O. The van der Waals surface area contributed by atoms with Gasteiger partial charge in [0.25, 0.3) is 0 Å². The number of ether oxygens (including phenoxy) is 1. The maximum atomic E-state index is 6.40. The molecule has 108 valence electrons. The molecule has 0 saturated carbocycles. The van der Waals surface area contributed by atoms with Gasteiger partial charge in [-0.15, -0.1) is 0 Å². The summed E-state index contributed by atoms with van der Waals surface area (Å²) in [5.74, 6) is 0.694. The van der Waals surface area contributed by atoms with E-state index in [1.807, 2.05) is 48.0 Å². The fourth-order valence-electron chi connectivity index (χ4n) is 2.50. The molecular weight excluding hydrogens is 264 g/mol. The first-order valence-corrected chi connectivity index (χ1v) is 6.95. The van der Waals surface area contributed by atoms with Crippen LogP contribution in [-0.2, 0) is 6.54 Å². The summed E-state index contributed by atoms with van der Waals surface area (Å²) in [6.45, 7) is 2.76. The number of benzene rings is 1. The summed E-state index contributed by atoms with van der Waals surface area (Å²) in [5, 5.41) is 5.40. The van der Waals surface area contributed by atoms with Crippen LogP contribution in [-0.4, -0.2) is 21.9 Å². The standard InChI is InChI=1S/C16H18N4O/c1-3-20-16(14(21-2)10-18-20)15(17)13-9-8-11-6-4-5-7-12(11)19-13/h4-10,15H,3,17H2,1-2H3. The second-order valence-electron chi connectivity index (χ2n) is 4.82. The number of para-hydroxylation sites is 1. The van der Waals surface area contributed by atoms with Crippen LogP contribution in [0, 0.1) is 0 Å². The first kappa shape index (κ1) is 13.6. The molecule has 0 spiro atoms. The first-order valence-electron chi connectivity index (χ1n) is 6.95. The molecule has 2 N–H and O–H groups in total. The van der Waals surface area contributed by atoms with Gasteiger partial charge in [-0.3, -0.25) is 9.67 Å². The molecule has 1 atom stereocenters. The van der Waals surface area contributed by atoms with E-state index < -0.39 is 0 Å². The number of pyridine rings is 1. The Hall–Kier alpha value is -2.40. The average Bonchev–Trinajstić information content (AvgIpc) is 2.96. The molecule has 21 heavy (non-hydrogen) atoms. The zero-order valence-corrected chi connectivity index (χ0v) is 12.2. The Morgan fingerprint density at radius 1 is 1.24 bits per heavy atom. The molecule has 3 rings (SSSR count). The van der Waals surface area contributed by atoms with Gasteiger partial charge in [0.2, 0.25) is 0 Å². The van der Waals surface area contributed by atoms with Crippen molar-refractivity contribution in [1.29, 1.82) is 0 Å². The largest absolute Gasteiger partial charge is 0.493 e. The van der Waals surface area contributed by atoms with Crippen molar-refractivity contribution in [2.24, 2.45) is 5.73 Å². The lowest BCUT2D eigenvalue weighted by Crippen LogP contribution is -2.19. The van der Waals surface area contributed by atoms with E-state index in [0.29, 0.717) is 5.75 Å². The Balaban J connectivity index is 2.07. The van der Waals surface area contributed by atoms with E-state index in [-0.39, 0.29) is 6.04 Å². The highest BCUT2D eigenvalue weighted by Crippen LogP contribution is 2.28. The van der Waals surface area contributed by atoms with Crippen LogP contribution in [0.5, 0.6) is 5.75 Å². The highest BCUT2D eigenvalue weighted by Gasteiger charge is 2.21.